The molecule has 122 valence electrons. The zero-order valence-electron chi connectivity index (χ0n) is 13.3. The van der Waals surface area contributed by atoms with Gasteiger partial charge in [-0.15, -0.1) is 11.3 Å². The second-order valence-electron chi connectivity index (χ2n) is 5.88. The van der Waals surface area contributed by atoms with Crippen LogP contribution in [0.15, 0.2) is 12.1 Å². The van der Waals surface area contributed by atoms with E-state index >= 15 is 0 Å². The molecule has 0 aliphatic carbocycles. The summed E-state index contributed by atoms with van der Waals surface area (Å²) in [6, 6.07) is 3.42. The molecule has 22 heavy (non-hydrogen) atoms. The number of ether oxygens (including phenoxy) is 1. The molecule has 0 bridgehead atoms. The van der Waals surface area contributed by atoms with Crippen molar-refractivity contribution in [2.75, 3.05) is 46.2 Å². The Balaban J connectivity index is 2.10. The molecule has 1 fully saturated rings. The molecule has 1 aliphatic rings. The highest BCUT2D eigenvalue weighted by Gasteiger charge is 2.40. The van der Waals surface area contributed by atoms with Gasteiger partial charge in [0.15, 0.2) is 0 Å². The van der Waals surface area contributed by atoms with Gasteiger partial charge < -0.3 is 20.3 Å². The monoisotopic (exact) mass is 325 g/mol. The number of anilines is 1. The predicted octanol–water partition coefficient (Wildman–Crippen LogP) is 1.40. The molecule has 1 aliphatic heterocycles. The molecule has 0 aromatic carbocycles. The van der Waals surface area contributed by atoms with Gasteiger partial charge in [0.25, 0.3) is 0 Å². The molecule has 1 aromatic heterocycles. The van der Waals surface area contributed by atoms with E-state index in [1.165, 1.54) is 18.4 Å². The summed E-state index contributed by atoms with van der Waals surface area (Å²) in [5, 5.41) is 6.96. The average molecular weight is 325 g/mol. The van der Waals surface area contributed by atoms with Crippen LogP contribution in [0.1, 0.15) is 22.5 Å². The molecule has 7 heteroatoms. The fourth-order valence-corrected chi connectivity index (χ4v) is 3.65. The van der Waals surface area contributed by atoms with Gasteiger partial charge in [0.05, 0.1) is 17.5 Å². The van der Waals surface area contributed by atoms with E-state index in [4.69, 9.17) is 0 Å². The Morgan fingerprint density at radius 2 is 2.05 bits per heavy atom. The third-order valence-corrected chi connectivity index (χ3v) is 4.87. The van der Waals surface area contributed by atoms with Crippen molar-refractivity contribution in [2.24, 2.45) is 5.41 Å². The molecule has 1 aromatic rings. The predicted molar refractivity (Wildman–Crippen MR) is 87.4 cm³/mol. The summed E-state index contributed by atoms with van der Waals surface area (Å²) in [6.45, 7) is 2.41. The first-order valence-corrected chi connectivity index (χ1v) is 8.13. The molecule has 0 atom stereocenters. The first kappa shape index (κ1) is 16.9. The number of thiophene rings is 1. The summed E-state index contributed by atoms with van der Waals surface area (Å²) in [6.07, 6.45) is 1.62. The molecule has 0 spiro atoms. The lowest BCUT2D eigenvalue weighted by molar-refractivity contribution is -0.128. The molecule has 6 nitrogen and oxygen atoms in total. The number of nitrogens with zero attached hydrogens (tertiary/aromatic N) is 1. The highest BCUT2D eigenvalue weighted by atomic mass is 32.1. The Kier molecular flexibility index (Phi) is 5.55. The summed E-state index contributed by atoms with van der Waals surface area (Å²) >= 11 is 1.24. The molecule has 2 N–H and O–H groups in total. The van der Waals surface area contributed by atoms with Crippen molar-refractivity contribution < 1.29 is 14.3 Å². The lowest BCUT2D eigenvalue weighted by atomic mass is 9.77. The van der Waals surface area contributed by atoms with Crippen molar-refractivity contribution in [1.82, 2.24) is 10.2 Å². The Morgan fingerprint density at radius 1 is 1.36 bits per heavy atom. The Labute approximate surface area is 134 Å². The average Bonchev–Trinajstić information content (AvgIpc) is 2.95. The minimum atomic E-state index is -0.385. The van der Waals surface area contributed by atoms with Crippen LogP contribution in [0.5, 0.6) is 0 Å². The van der Waals surface area contributed by atoms with Crippen molar-refractivity contribution >= 4 is 28.2 Å². The van der Waals surface area contributed by atoms with Gasteiger partial charge in [-0.3, -0.25) is 4.79 Å². The Bertz CT molecular complexity index is 536. The van der Waals surface area contributed by atoms with Crippen molar-refractivity contribution in [2.45, 2.75) is 12.8 Å². The summed E-state index contributed by atoms with van der Waals surface area (Å²) in [5.74, 6) is -0.351. The molecular weight excluding hydrogens is 302 g/mol. The number of hydrogen-bond donors (Lipinski definition) is 2. The molecule has 0 unspecified atom stereocenters. The maximum Gasteiger partial charge on any atom is 0.348 e. The van der Waals surface area contributed by atoms with Crippen LogP contribution < -0.4 is 10.6 Å². The molecule has 0 saturated carbocycles. The molecule has 2 heterocycles. The standard InChI is InChI=1S/C15H23N3O3S/c1-18(2)10-15(6-8-16-9-7-15)14(20)17-12-5-4-11(22-12)13(19)21-3/h4-5,16H,6-10H2,1-3H3,(H,17,20). The fourth-order valence-electron chi connectivity index (χ4n) is 2.83. The number of methoxy groups -OCH3 is 1. The highest BCUT2D eigenvalue weighted by molar-refractivity contribution is 7.18. The minimum absolute atomic E-state index is 0.0287. The van der Waals surface area contributed by atoms with Crippen LogP contribution in [0.25, 0.3) is 0 Å². The maximum atomic E-state index is 12.8. The number of rotatable bonds is 5. The molecular formula is C15H23N3O3S. The van der Waals surface area contributed by atoms with Crippen LogP contribution in [0, 0.1) is 5.41 Å². The van der Waals surface area contributed by atoms with Gasteiger partial charge in [0.2, 0.25) is 5.91 Å². The number of piperidine rings is 1. The van der Waals surface area contributed by atoms with E-state index < -0.39 is 0 Å². The number of amides is 1. The van der Waals surface area contributed by atoms with Gasteiger partial charge in [-0.25, -0.2) is 4.79 Å². The van der Waals surface area contributed by atoms with E-state index in [0.717, 1.165) is 32.5 Å². The van der Waals surface area contributed by atoms with Gasteiger partial charge in [0.1, 0.15) is 4.88 Å². The molecule has 0 radical (unpaired) electrons. The normalized spacial score (nSPS) is 17.3. The van der Waals surface area contributed by atoms with E-state index in [1.54, 1.807) is 12.1 Å². The summed E-state index contributed by atoms with van der Waals surface area (Å²) in [7, 11) is 5.32. The van der Waals surface area contributed by atoms with E-state index in [9.17, 15) is 9.59 Å². The van der Waals surface area contributed by atoms with Gasteiger partial charge >= 0.3 is 5.97 Å². The summed E-state index contributed by atoms with van der Waals surface area (Å²) in [4.78, 5) is 26.8. The van der Waals surface area contributed by atoms with Crippen LogP contribution in [0.3, 0.4) is 0 Å². The van der Waals surface area contributed by atoms with Crippen molar-refractivity contribution in [1.29, 1.82) is 0 Å². The number of nitrogens with one attached hydrogen (secondary N) is 2. The second-order valence-corrected chi connectivity index (χ2v) is 6.96. The quantitative estimate of drug-likeness (QED) is 0.801. The first-order chi connectivity index (χ1) is 10.5. The topological polar surface area (TPSA) is 70.7 Å². The second kappa shape index (κ2) is 7.21. The molecule has 1 amide bonds. The smallest absolute Gasteiger partial charge is 0.348 e. The largest absolute Gasteiger partial charge is 0.465 e. The first-order valence-electron chi connectivity index (χ1n) is 7.32. The zero-order valence-corrected chi connectivity index (χ0v) is 14.1. The molecule has 2 rings (SSSR count). The number of hydrogen-bond acceptors (Lipinski definition) is 6. The third kappa shape index (κ3) is 3.85. The van der Waals surface area contributed by atoms with Crippen molar-refractivity contribution in [3.05, 3.63) is 17.0 Å². The Morgan fingerprint density at radius 3 is 2.64 bits per heavy atom. The van der Waals surface area contributed by atoms with Crippen LogP contribution in [0.4, 0.5) is 5.00 Å². The number of esters is 1. The SMILES string of the molecule is COC(=O)c1ccc(NC(=O)C2(CN(C)C)CCNCC2)s1. The van der Waals surface area contributed by atoms with E-state index in [0.29, 0.717) is 9.88 Å². The molecule has 1 saturated heterocycles. The van der Waals surface area contributed by atoms with Crippen LogP contribution in [-0.2, 0) is 9.53 Å². The zero-order chi connectivity index (χ0) is 16.2. The van der Waals surface area contributed by atoms with Crippen LogP contribution >= 0.6 is 11.3 Å². The fraction of sp³-hybridized carbons (Fsp3) is 0.600. The van der Waals surface area contributed by atoms with E-state index in [2.05, 4.69) is 20.3 Å². The lowest BCUT2D eigenvalue weighted by Gasteiger charge is -2.38. The van der Waals surface area contributed by atoms with Gasteiger partial charge in [0, 0.05) is 6.54 Å². The summed E-state index contributed by atoms with van der Waals surface area (Å²) in [5.41, 5.74) is -0.385. The summed E-state index contributed by atoms with van der Waals surface area (Å²) < 4.78 is 4.69. The number of carbonyl (C=O) groups excluding carboxylic acids is 2. The minimum Gasteiger partial charge on any atom is -0.465 e. The lowest BCUT2D eigenvalue weighted by Crippen LogP contribution is -2.50. The van der Waals surface area contributed by atoms with Crippen LogP contribution in [0.2, 0.25) is 0 Å². The van der Waals surface area contributed by atoms with E-state index in [1.807, 2.05) is 14.1 Å². The van der Waals surface area contributed by atoms with Crippen LogP contribution in [-0.4, -0.2) is 57.6 Å². The van der Waals surface area contributed by atoms with Crippen molar-refractivity contribution in [3.63, 3.8) is 0 Å². The van der Waals surface area contributed by atoms with E-state index in [-0.39, 0.29) is 17.3 Å². The number of carbonyl (C=O) groups is 2. The third-order valence-electron chi connectivity index (χ3n) is 3.89. The Hall–Kier alpha value is -1.44. The van der Waals surface area contributed by atoms with Gasteiger partial charge in [-0.2, -0.15) is 0 Å². The maximum absolute atomic E-state index is 12.8. The van der Waals surface area contributed by atoms with Gasteiger partial charge in [-0.05, 0) is 52.2 Å². The van der Waals surface area contributed by atoms with Gasteiger partial charge in [-0.1, -0.05) is 0 Å². The van der Waals surface area contributed by atoms with Crippen molar-refractivity contribution in [3.8, 4) is 0 Å². The highest BCUT2D eigenvalue weighted by Crippen LogP contribution is 2.32.